The van der Waals surface area contributed by atoms with Gasteiger partial charge in [-0.05, 0) is 25.6 Å². The largest absolute Gasteiger partial charge is 0.368 e. The summed E-state index contributed by atoms with van der Waals surface area (Å²) in [6.07, 6.45) is 1.17. The molecule has 4 heteroatoms. The molecule has 1 atom stereocenters. The monoisotopic (exact) mass is 188 g/mol. The molecule has 0 saturated carbocycles. The maximum absolute atomic E-state index is 10.9. The van der Waals surface area contributed by atoms with E-state index in [-0.39, 0.29) is 11.9 Å². The van der Waals surface area contributed by atoms with Gasteiger partial charge in [0, 0.05) is 12.3 Å². The maximum Gasteiger partial charge on any atom is 0.234 e. The van der Waals surface area contributed by atoms with Crippen molar-refractivity contribution in [3.63, 3.8) is 0 Å². The van der Waals surface area contributed by atoms with Gasteiger partial charge in [0.05, 0.1) is 6.04 Å². The van der Waals surface area contributed by atoms with Crippen LogP contribution >= 0.6 is 11.8 Å². The second-order valence-corrected chi connectivity index (χ2v) is 4.30. The molecule has 12 heavy (non-hydrogen) atoms. The first-order valence-electron chi connectivity index (χ1n) is 4.33. The Morgan fingerprint density at radius 3 is 2.92 bits per heavy atom. The Balaban J connectivity index is 2.42. The van der Waals surface area contributed by atoms with E-state index in [1.807, 2.05) is 18.7 Å². The van der Waals surface area contributed by atoms with Crippen LogP contribution in [0.3, 0.4) is 0 Å². The molecule has 1 heterocycles. The lowest BCUT2D eigenvalue weighted by Crippen LogP contribution is -2.43. The minimum Gasteiger partial charge on any atom is -0.368 e. The van der Waals surface area contributed by atoms with Gasteiger partial charge in [0.2, 0.25) is 5.91 Å². The summed E-state index contributed by atoms with van der Waals surface area (Å²) in [5, 5.41) is 0. The fraction of sp³-hybridized carbons (Fsp3) is 0.875. The number of rotatable bonds is 2. The van der Waals surface area contributed by atoms with Crippen molar-refractivity contribution in [3.05, 3.63) is 0 Å². The molecule has 0 aromatic heterocycles. The van der Waals surface area contributed by atoms with Crippen molar-refractivity contribution < 1.29 is 4.79 Å². The summed E-state index contributed by atoms with van der Waals surface area (Å²) in [5.74, 6) is 2.13. The Kier molecular flexibility index (Phi) is 3.88. The van der Waals surface area contributed by atoms with Crippen LogP contribution in [0.25, 0.3) is 0 Å². The van der Waals surface area contributed by atoms with E-state index in [1.165, 1.54) is 12.2 Å². The highest BCUT2D eigenvalue weighted by molar-refractivity contribution is 7.99. The van der Waals surface area contributed by atoms with E-state index in [2.05, 4.69) is 4.90 Å². The smallest absolute Gasteiger partial charge is 0.234 e. The van der Waals surface area contributed by atoms with Gasteiger partial charge in [-0.2, -0.15) is 11.8 Å². The lowest BCUT2D eigenvalue weighted by Gasteiger charge is -2.24. The Morgan fingerprint density at radius 2 is 2.25 bits per heavy atom. The van der Waals surface area contributed by atoms with E-state index >= 15 is 0 Å². The molecule has 1 saturated heterocycles. The summed E-state index contributed by atoms with van der Waals surface area (Å²) in [5.41, 5.74) is 5.23. The molecule has 0 spiro atoms. The number of thioether (sulfide) groups is 1. The quantitative estimate of drug-likeness (QED) is 0.678. The van der Waals surface area contributed by atoms with E-state index < -0.39 is 0 Å². The van der Waals surface area contributed by atoms with Gasteiger partial charge in [-0.25, -0.2) is 0 Å². The van der Waals surface area contributed by atoms with Crippen molar-refractivity contribution in [1.82, 2.24) is 4.90 Å². The summed E-state index contributed by atoms with van der Waals surface area (Å²) in [7, 11) is 0. The van der Waals surface area contributed by atoms with Crippen molar-refractivity contribution in [3.8, 4) is 0 Å². The molecule has 70 valence electrons. The molecular formula is C8H16N2OS. The minimum atomic E-state index is -0.207. The molecule has 0 aliphatic carbocycles. The number of primary amides is 1. The van der Waals surface area contributed by atoms with Gasteiger partial charge in [-0.1, -0.05) is 0 Å². The highest BCUT2D eigenvalue weighted by atomic mass is 32.2. The molecule has 2 N–H and O–H groups in total. The normalized spacial score (nSPS) is 23.1. The average Bonchev–Trinajstić information content (AvgIpc) is 2.30. The zero-order valence-electron chi connectivity index (χ0n) is 7.45. The second kappa shape index (κ2) is 4.72. The first-order chi connectivity index (χ1) is 5.72. The van der Waals surface area contributed by atoms with Gasteiger partial charge in [0.25, 0.3) is 0 Å². The molecule has 1 aliphatic heterocycles. The topological polar surface area (TPSA) is 46.3 Å². The molecule has 0 radical (unpaired) electrons. The van der Waals surface area contributed by atoms with Crippen LogP contribution in [0.1, 0.15) is 13.3 Å². The molecule has 1 unspecified atom stereocenters. The van der Waals surface area contributed by atoms with E-state index in [0.717, 1.165) is 18.8 Å². The summed E-state index contributed by atoms with van der Waals surface area (Å²) >= 11 is 1.95. The van der Waals surface area contributed by atoms with Gasteiger partial charge in [0.1, 0.15) is 0 Å². The van der Waals surface area contributed by atoms with Gasteiger partial charge < -0.3 is 5.73 Å². The van der Waals surface area contributed by atoms with Crippen molar-refractivity contribution in [2.24, 2.45) is 5.73 Å². The Morgan fingerprint density at radius 1 is 1.50 bits per heavy atom. The van der Waals surface area contributed by atoms with E-state index in [4.69, 9.17) is 5.73 Å². The summed E-state index contributed by atoms with van der Waals surface area (Å²) < 4.78 is 0. The highest BCUT2D eigenvalue weighted by Gasteiger charge is 2.19. The van der Waals surface area contributed by atoms with Gasteiger partial charge >= 0.3 is 0 Å². The van der Waals surface area contributed by atoms with Crippen LogP contribution in [-0.4, -0.2) is 41.4 Å². The molecule has 1 rings (SSSR count). The van der Waals surface area contributed by atoms with Crippen LogP contribution in [0.4, 0.5) is 0 Å². The van der Waals surface area contributed by atoms with Crippen LogP contribution in [0, 0.1) is 0 Å². The Bertz CT molecular complexity index is 155. The molecular weight excluding hydrogens is 172 g/mol. The predicted molar refractivity (Wildman–Crippen MR) is 52.2 cm³/mol. The van der Waals surface area contributed by atoms with Crippen molar-refractivity contribution >= 4 is 17.7 Å². The van der Waals surface area contributed by atoms with Crippen LogP contribution in [0.5, 0.6) is 0 Å². The summed E-state index contributed by atoms with van der Waals surface area (Å²) in [6, 6.07) is -0.0938. The third-order valence-electron chi connectivity index (χ3n) is 2.22. The molecule has 0 aromatic carbocycles. The van der Waals surface area contributed by atoms with Gasteiger partial charge in [-0.15, -0.1) is 0 Å². The second-order valence-electron chi connectivity index (χ2n) is 3.08. The highest BCUT2D eigenvalue weighted by Crippen LogP contribution is 2.11. The first-order valence-corrected chi connectivity index (χ1v) is 5.48. The molecule has 1 aliphatic rings. The molecule has 0 aromatic rings. The Hall–Kier alpha value is -0.220. The van der Waals surface area contributed by atoms with E-state index in [1.54, 1.807) is 0 Å². The fourth-order valence-corrected chi connectivity index (χ4v) is 2.23. The standard InChI is InChI=1S/C8H16N2OS/c1-7(8(9)11)10-3-2-5-12-6-4-10/h7H,2-6H2,1H3,(H2,9,11). The molecule has 1 amide bonds. The minimum absolute atomic E-state index is 0.0938. The third kappa shape index (κ3) is 2.68. The number of amides is 1. The number of hydrogen-bond donors (Lipinski definition) is 1. The zero-order valence-corrected chi connectivity index (χ0v) is 8.27. The number of carbonyl (C=O) groups is 1. The summed E-state index contributed by atoms with van der Waals surface area (Å²) in [6.45, 7) is 3.89. The predicted octanol–water partition coefficient (Wildman–Crippen LogP) is 0.299. The Labute approximate surface area is 77.7 Å². The molecule has 3 nitrogen and oxygen atoms in total. The maximum atomic E-state index is 10.9. The van der Waals surface area contributed by atoms with Gasteiger partial charge in [0.15, 0.2) is 0 Å². The van der Waals surface area contributed by atoms with Crippen molar-refractivity contribution in [2.75, 3.05) is 24.6 Å². The molecule has 1 fully saturated rings. The van der Waals surface area contributed by atoms with Crippen molar-refractivity contribution in [1.29, 1.82) is 0 Å². The van der Waals surface area contributed by atoms with E-state index in [0.29, 0.717) is 0 Å². The SMILES string of the molecule is CC(C(N)=O)N1CCCSCC1. The van der Waals surface area contributed by atoms with E-state index in [9.17, 15) is 4.79 Å². The van der Waals surface area contributed by atoms with Crippen molar-refractivity contribution in [2.45, 2.75) is 19.4 Å². The number of nitrogens with zero attached hydrogens (tertiary/aromatic N) is 1. The third-order valence-corrected chi connectivity index (χ3v) is 3.26. The summed E-state index contributed by atoms with van der Waals surface area (Å²) in [4.78, 5) is 13.1. The van der Waals surface area contributed by atoms with Crippen LogP contribution in [0.2, 0.25) is 0 Å². The average molecular weight is 188 g/mol. The van der Waals surface area contributed by atoms with Crippen LogP contribution in [0.15, 0.2) is 0 Å². The number of hydrogen-bond acceptors (Lipinski definition) is 3. The molecule has 0 bridgehead atoms. The number of carbonyl (C=O) groups excluding carboxylic acids is 1. The lowest BCUT2D eigenvalue weighted by molar-refractivity contribution is -0.122. The fourth-order valence-electron chi connectivity index (χ4n) is 1.33. The lowest BCUT2D eigenvalue weighted by atomic mass is 10.2. The van der Waals surface area contributed by atoms with Gasteiger partial charge in [-0.3, -0.25) is 9.69 Å². The first kappa shape index (κ1) is 9.86. The number of nitrogens with two attached hydrogens (primary N) is 1. The zero-order chi connectivity index (χ0) is 8.97. The van der Waals surface area contributed by atoms with Crippen LogP contribution in [-0.2, 0) is 4.79 Å². The van der Waals surface area contributed by atoms with Crippen LogP contribution < -0.4 is 5.73 Å².